The molecule has 0 bridgehead atoms. The van der Waals surface area contributed by atoms with Crippen LogP contribution in [0.4, 0.5) is 17.3 Å². The second kappa shape index (κ2) is 6.51. The van der Waals surface area contributed by atoms with Gasteiger partial charge >= 0.3 is 0 Å². The summed E-state index contributed by atoms with van der Waals surface area (Å²) in [4.78, 5) is 9.21. The lowest BCUT2D eigenvalue weighted by atomic mass is 10.2. The molecular formula is C19H23N5. The van der Waals surface area contributed by atoms with Crippen molar-refractivity contribution in [3.05, 3.63) is 42.7 Å². The van der Waals surface area contributed by atoms with Crippen LogP contribution in [0.2, 0.25) is 0 Å². The van der Waals surface area contributed by atoms with Gasteiger partial charge in [0.15, 0.2) is 0 Å². The Kier molecular flexibility index (Phi) is 4.07. The summed E-state index contributed by atoms with van der Waals surface area (Å²) in [5.41, 5.74) is 3.15. The maximum Gasteiger partial charge on any atom is 0.229 e. The molecule has 1 aliphatic rings. The lowest BCUT2D eigenvalue weighted by Gasteiger charge is -2.13. The SMILES string of the molecule is CCNc1ccc(Nc2ncc3ccn(C4CCCC4)c3n2)cc1. The van der Waals surface area contributed by atoms with Crippen LogP contribution in [0.3, 0.4) is 0 Å². The van der Waals surface area contributed by atoms with Crippen molar-refractivity contribution in [1.29, 1.82) is 0 Å². The van der Waals surface area contributed by atoms with Crippen LogP contribution in [-0.4, -0.2) is 21.1 Å². The molecule has 1 saturated carbocycles. The Labute approximate surface area is 142 Å². The van der Waals surface area contributed by atoms with E-state index >= 15 is 0 Å². The average Bonchev–Trinajstić information content (AvgIpc) is 3.25. The lowest BCUT2D eigenvalue weighted by molar-refractivity contribution is 0.532. The number of benzene rings is 1. The van der Waals surface area contributed by atoms with Gasteiger partial charge in [-0.25, -0.2) is 4.98 Å². The average molecular weight is 321 g/mol. The van der Waals surface area contributed by atoms with Gasteiger partial charge in [-0.15, -0.1) is 0 Å². The molecule has 0 spiro atoms. The van der Waals surface area contributed by atoms with Crippen molar-refractivity contribution in [2.75, 3.05) is 17.2 Å². The van der Waals surface area contributed by atoms with Crippen molar-refractivity contribution >= 4 is 28.4 Å². The summed E-state index contributed by atoms with van der Waals surface area (Å²) in [6.45, 7) is 3.01. The van der Waals surface area contributed by atoms with E-state index in [2.05, 4.69) is 51.5 Å². The minimum atomic E-state index is 0.588. The van der Waals surface area contributed by atoms with Gasteiger partial charge < -0.3 is 15.2 Å². The predicted molar refractivity (Wildman–Crippen MR) is 98.9 cm³/mol. The predicted octanol–water partition coefficient (Wildman–Crippen LogP) is 4.72. The molecule has 0 saturated heterocycles. The van der Waals surface area contributed by atoms with Gasteiger partial charge in [-0.1, -0.05) is 12.8 Å². The number of rotatable bonds is 5. The highest BCUT2D eigenvalue weighted by Crippen LogP contribution is 2.32. The van der Waals surface area contributed by atoms with Gasteiger partial charge in [0, 0.05) is 41.7 Å². The Morgan fingerprint density at radius 3 is 2.58 bits per heavy atom. The number of anilines is 3. The highest BCUT2D eigenvalue weighted by molar-refractivity contribution is 5.77. The van der Waals surface area contributed by atoms with Crippen LogP contribution in [0.15, 0.2) is 42.7 Å². The fourth-order valence-electron chi connectivity index (χ4n) is 3.48. The van der Waals surface area contributed by atoms with E-state index in [0.717, 1.165) is 29.0 Å². The summed E-state index contributed by atoms with van der Waals surface area (Å²) in [5.74, 6) is 0.650. The molecule has 0 radical (unpaired) electrons. The second-order valence-corrected chi connectivity index (χ2v) is 6.37. The Hall–Kier alpha value is -2.56. The molecule has 1 aliphatic carbocycles. The molecule has 5 heteroatoms. The third-order valence-corrected chi connectivity index (χ3v) is 4.70. The zero-order valence-electron chi connectivity index (χ0n) is 14.0. The van der Waals surface area contributed by atoms with Crippen LogP contribution in [0.1, 0.15) is 38.6 Å². The van der Waals surface area contributed by atoms with E-state index < -0.39 is 0 Å². The van der Waals surface area contributed by atoms with Crippen LogP contribution in [0.5, 0.6) is 0 Å². The fourth-order valence-corrected chi connectivity index (χ4v) is 3.48. The van der Waals surface area contributed by atoms with Gasteiger partial charge in [-0.2, -0.15) is 4.98 Å². The normalized spacial score (nSPS) is 15.0. The molecular weight excluding hydrogens is 298 g/mol. The van der Waals surface area contributed by atoms with E-state index in [1.807, 2.05) is 18.3 Å². The fraction of sp³-hybridized carbons (Fsp3) is 0.368. The summed E-state index contributed by atoms with van der Waals surface area (Å²) in [6.07, 6.45) is 9.20. The summed E-state index contributed by atoms with van der Waals surface area (Å²) < 4.78 is 2.32. The topological polar surface area (TPSA) is 54.8 Å². The Balaban J connectivity index is 1.58. The third-order valence-electron chi connectivity index (χ3n) is 4.70. The largest absolute Gasteiger partial charge is 0.385 e. The van der Waals surface area contributed by atoms with Gasteiger partial charge in [0.25, 0.3) is 0 Å². The number of hydrogen-bond acceptors (Lipinski definition) is 4. The van der Waals surface area contributed by atoms with E-state index in [0.29, 0.717) is 12.0 Å². The van der Waals surface area contributed by atoms with Crippen LogP contribution in [0.25, 0.3) is 11.0 Å². The van der Waals surface area contributed by atoms with Crippen molar-refractivity contribution in [2.45, 2.75) is 38.6 Å². The van der Waals surface area contributed by atoms with Gasteiger partial charge in [-0.3, -0.25) is 0 Å². The number of nitrogens with one attached hydrogen (secondary N) is 2. The molecule has 0 amide bonds. The maximum atomic E-state index is 4.76. The monoisotopic (exact) mass is 321 g/mol. The first kappa shape index (κ1) is 15.0. The number of fused-ring (bicyclic) bond motifs is 1. The van der Waals surface area contributed by atoms with Crippen molar-refractivity contribution in [2.24, 2.45) is 0 Å². The lowest BCUT2D eigenvalue weighted by Crippen LogP contribution is -2.05. The summed E-state index contributed by atoms with van der Waals surface area (Å²) in [6, 6.07) is 10.9. The number of nitrogens with zero attached hydrogens (tertiary/aromatic N) is 3. The molecule has 5 nitrogen and oxygen atoms in total. The zero-order chi connectivity index (χ0) is 16.4. The summed E-state index contributed by atoms with van der Waals surface area (Å²) in [7, 11) is 0. The second-order valence-electron chi connectivity index (χ2n) is 6.37. The first-order valence-electron chi connectivity index (χ1n) is 8.78. The van der Waals surface area contributed by atoms with E-state index in [1.165, 1.54) is 25.7 Å². The minimum absolute atomic E-state index is 0.588. The molecule has 0 aliphatic heterocycles. The van der Waals surface area contributed by atoms with Crippen LogP contribution >= 0.6 is 0 Å². The van der Waals surface area contributed by atoms with E-state index in [-0.39, 0.29) is 0 Å². The van der Waals surface area contributed by atoms with Gasteiger partial charge in [0.1, 0.15) is 5.65 Å². The summed E-state index contributed by atoms with van der Waals surface area (Å²) >= 11 is 0. The quantitative estimate of drug-likeness (QED) is 0.714. The molecule has 1 aromatic carbocycles. The molecule has 3 aromatic rings. The van der Waals surface area contributed by atoms with Crippen molar-refractivity contribution in [3.63, 3.8) is 0 Å². The highest BCUT2D eigenvalue weighted by atomic mass is 15.2. The first-order valence-corrected chi connectivity index (χ1v) is 8.78. The molecule has 2 aromatic heterocycles. The number of aromatic nitrogens is 3. The highest BCUT2D eigenvalue weighted by Gasteiger charge is 2.19. The summed E-state index contributed by atoms with van der Waals surface area (Å²) in [5, 5.41) is 7.71. The minimum Gasteiger partial charge on any atom is -0.385 e. The van der Waals surface area contributed by atoms with E-state index in [1.54, 1.807) is 0 Å². The van der Waals surface area contributed by atoms with E-state index in [4.69, 9.17) is 4.98 Å². The molecule has 24 heavy (non-hydrogen) atoms. The first-order chi connectivity index (χ1) is 11.8. The Bertz CT molecular complexity index is 815. The Morgan fingerprint density at radius 1 is 1.08 bits per heavy atom. The van der Waals surface area contributed by atoms with E-state index in [9.17, 15) is 0 Å². The smallest absolute Gasteiger partial charge is 0.229 e. The number of hydrogen-bond donors (Lipinski definition) is 2. The van der Waals surface area contributed by atoms with Crippen molar-refractivity contribution < 1.29 is 0 Å². The van der Waals surface area contributed by atoms with Gasteiger partial charge in [0.05, 0.1) is 0 Å². The van der Waals surface area contributed by atoms with Crippen molar-refractivity contribution in [1.82, 2.24) is 14.5 Å². The van der Waals surface area contributed by atoms with Crippen LogP contribution in [0, 0.1) is 0 Å². The van der Waals surface area contributed by atoms with Crippen molar-refractivity contribution in [3.8, 4) is 0 Å². The maximum absolute atomic E-state index is 4.76. The van der Waals surface area contributed by atoms with Crippen LogP contribution in [-0.2, 0) is 0 Å². The van der Waals surface area contributed by atoms with Gasteiger partial charge in [0.2, 0.25) is 5.95 Å². The molecule has 0 unspecified atom stereocenters. The van der Waals surface area contributed by atoms with Crippen LogP contribution < -0.4 is 10.6 Å². The molecule has 2 N–H and O–H groups in total. The van der Waals surface area contributed by atoms with Gasteiger partial charge in [-0.05, 0) is 50.1 Å². The standard InChI is InChI=1S/C19H23N5/c1-2-20-15-7-9-16(10-8-15)22-19-21-13-14-11-12-24(18(14)23-19)17-5-3-4-6-17/h7-13,17,20H,2-6H2,1H3,(H,21,22,23). The zero-order valence-corrected chi connectivity index (χ0v) is 14.0. The molecule has 0 atom stereocenters. The third kappa shape index (κ3) is 2.94. The molecule has 124 valence electrons. The molecule has 4 rings (SSSR count). The molecule has 2 heterocycles. The molecule has 1 fully saturated rings. The Morgan fingerprint density at radius 2 is 1.83 bits per heavy atom.